The van der Waals surface area contributed by atoms with Crippen LogP contribution in [0.5, 0.6) is 0 Å². The molecule has 2 N–H and O–H groups in total. The van der Waals surface area contributed by atoms with Gasteiger partial charge in [-0.15, -0.1) is 0 Å². The molecule has 5 nitrogen and oxygen atoms in total. The maximum atomic E-state index is 11.9. The fourth-order valence-corrected chi connectivity index (χ4v) is 3.66. The summed E-state index contributed by atoms with van der Waals surface area (Å²) < 4.78 is 11.2. The molecule has 6 heteroatoms. The molecule has 0 aliphatic carbocycles. The van der Waals surface area contributed by atoms with Gasteiger partial charge in [-0.1, -0.05) is 30.3 Å². The third-order valence-corrected chi connectivity index (χ3v) is 4.74. The van der Waals surface area contributed by atoms with Gasteiger partial charge in [-0.25, -0.2) is 0 Å². The van der Waals surface area contributed by atoms with Crippen LogP contribution in [0.25, 0.3) is 0 Å². The van der Waals surface area contributed by atoms with E-state index in [-0.39, 0.29) is 24.7 Å². The molecule has 1 aliphatic rings. The molecule has 1 aliphatic heterocycles. The van der Waals surface area contributed by atoms with Crippen molar-refractivity contribution in [3.8, 4) is 0 Å². The largest absolute Gasteiger partial charge is 0.394 e. The van der Waals surface area contributed by atoms with E-state index in [1.165, 1.54) is 0 Å². The number of aliphatic hydroxyl groups is 1. The molecular weight excluding hydrogens is 302 g/mol. The fourth-order valence-electron chi connectivity index (χ4n) is 2.30. The Kier molecular flexibility index (Phi) is 7.18. The predicted octanol–water partition coefficient (Wildman–Crippen LogP) is 1.20. The van der Waals surface area contributed by atoms with Crippen molar-refractivity contribution in [2.24, 2.45) is 0 Å². The lowest BCUT2D eigenvalue weighted by molar-refractivity contribution is -0.128. The Labute approximate surface area is 135 Å². The summed E-state index contributed by atoms with van der Waals surface area (Å²) in [5.41, 5.74) is 0.702. The summed E-state index contributed by atoms with van der Waals surface area (Å²) in [7, 11) is 0. The Hall–Kier alpha value is -1.08. The SMILES string of the molecule is O=C(COCc1ccccc1)NCC1(OCCO)CCSC1. The first-order valence-electron chi connectivity index (χ1n) is 7.45. The molecule has 0 radical (unpaired) electrons. The van der Waals surface area contributed by atoms with Crippen LogP contribution in [0.3, 0.4) is 0 Å². The van der Waals surface area contributed by atoms with Crippen molar-refractivity contribution in [1.29, 1.82) is 0 Å². The standard InChI is InChI=1S/C16H23NO4S/c18-7-8-21-16(6-9-22-13-16)12-17-15(19)11-20-10-14-4-2-1-3-5-14/h1-5,18H,6-13H2,(H,17,19). The van der Waals surface area contributed by atoms with Crippen LogP contribution in [-0.2, 0) is 20.9 Å². The maximum absolute atomic E-state index is 11.9. The molecule has 1 fully saturated rings. The Morgan fingerprint density at radius 3 is 2.86 bits per heavy atom. The molecule has 0 spiro atoms. The molecule has 22 heavy (non-hydrogen) atoms. The molecule has 0 aromatic heterocycles. The lowest BCUT2D eigenvalue weighted by Crippen LogP contribution is -2.46. The second-order valence-corrected chi connectivity index (χ2v) is 6.42. The summed E-state index contributed by atoms with van der Waals surface area (Å²) in [6.07, 6.45) is 0.892. The summed E-state index contributed by atoms with van der Waals surface area (Å²) in [6, 6.07) is 9.76. The average Bonchev–Trinajstić information content (AvgIpc) is 3.01. The van der Waals surface area contributed by atoms with Gasteiger partial charge >= 0.3 is 0 Å². The minimum atomic E-state index is -0.345. The van der Waals surface area contributed by atoms with E-state index in [0.717, 1.165) is 23.5 Å². The highest BCUT2D eigenvalue weighted by Crippen LogP contribution is 2.30. The summed E-state index contributed by atoms with van der Waals surface area (Å²) in [5.74, 6) is 1.73. The molecular formula is C16H23NO4S. The van der Waals surface area contributed by atoms with Crippen molar-refractivity contribution in [3.63, 3.8) is 0 Å². The maximum Gasteiger partial charge on any atom is 0.246 e. The second-order valence-electron chi connectivity index (χ2n) is 5.31. The van der Waals surface area contributed by atoms with Crippen molar-refractivity contribution in [3.05, 3.63) is 35.9 Å². The Bertz CT molecular complexity index is 449. The van der Waals surface area contributed by atoms with Gasteiger partial charge in [0.05, 0.1) is 25.4 Å². The van der Waals surface area contributed by atoms with E-state index in [2.05, 4.69) is 5.32 Å². The molecule has 122 valence electrons. The van der Waals surface area contributed by atoms with Crippen LogP contribution >= 0.6 is 11.8 Å². The Balaban J connectivity index is 1.67. The van der Waals surface area contributed by atoms with Crippen LogP contribution in [0.15, 0.2) is 30.3 Å². The number of hydrogen-bond acceptors (Lipinski definition) is 5. The predicted molar refractivity (Wildman–Crippen MR) is 86.8 cm³/mol. The molecule has 2 rings (SSSR count). The fraction of sp³-hybridized carbons (Fsp3) is 0.562. The van der Waals surface area contributed by atoms with Crippen molar-refractivity contribution in [2.45, 2.75) is 18.6 Å². The van der Waals surface area contributed by atoms with E-state index >= 15 is 0 Å². The van der Waals surface area contributed by atoms with Gasteiger partial charge < -0.3 is 19.9 Å². The van der Waals surface area contributed by atoms with Crippen LogP contribution in [0, 0.1) is 0 Å². The van der Waals surface area contributed by atoms with Crippen molar-refractivity contribution in [2.75, 3.05) is 37.9 Å². The van der Waals surface area contributed by atoms with Gasteiger partial charge in [0.2, 0.25) is 5.91 Å². The topological polar surface area (TPSA) is 67.8 Å². The van der Waals surface area contributed by atoms with E-state index < -0.39 is 0 Å². The molecule has 1 saturated heterocycles. The van der Waals surface area contributed by atoms with Crippen LogP contribution in [-0.4, -0.2) is 54.5 Å². The number of hydrogen-bond donors (Lipinski definition) is 2. The number of rotatable bonds is 9. The van der Waals surface area contributed by atoms with Crippen LogP contribution in [0.4, 0.5) is 0 Å². The van der Waals surface area contributed by atoms with Crippen LogP contribution in [0.1, 0.15) is 12.0 Å². The third-order valence-electron chi connectivity index (χ3n) is 3.52. The molecule has 1 heterocycles. The first-order chi connectivity index (χ1) is 10.7. The third kappa shape index (κ3) is 5.61. The number of nitrogens with one attached hydrogen (secondary N) is 1. The normalized spacial score (nSPS) is 21.0. The number of ether oxygens (including phenoxy) is 2. The first-order valence-corrected chi connectivity index (χ1v) is 8.60. The lowest BCUT2D eigenvalue weighted by Gasteiger charge is -2.28. The summed E-state index contributed by atoms with van der Waals surface area (Å²) >= 11 is 1.81. The molecule has 1 amide bonds. The van der Waals surface area contributed by atoms with Gasteiger partial charge in [0.1, 0.15) is 6.61 Å². The highest BCUT2D eigenvalue weighted by Gasteiger charge is 2.35. The number of carbonyl (C=O) groups is 1. The van der Waals surface area contributed by atoms with Gasteiger partial charge in [-0.3, -0.25) is 4.79 Å². The molecule has 1 unspecified atom stereocenters. The molecule has 1 aromatic carbocycles. The summed E-state index contributed by atoms with van der Waals surface area (Å²) in [5, 5.41) is 11.8. The highest BCUT2D eigenvalue weighted by molar-refractivity contribution is 7.99. The number of thioether (sulfide) groups is 1. The van der Waals surface area contributed by atoms with Gasteiger partial charge in [0, 0.05) is 12.3 Å². The molecule has 1 aromatic rings. The van der Waals surface area contributed by atoms with Crippen LogP contribution in [0.2, 0.25) is 0 Å². The first kappa shape index (κ1) is 17.3. The molecule has 1 atom stereocenters. The summed E-state index contributed by atoms with van der Waals surface area (Å²) in [6.45, 7) is 1.24. The molecule has 0 bridgehead atoms. The highest BCUT2D eigenvalue weighted by atomic mass is 32.2. The Morgan fingerprint density at radius 2 is 2.18 bits per heavy atom. The molecule has 0 saturated carbocycles. The number of amides is 1. The zero-order valence-electron chi connectivity index (χ0n) is 12.6. The van der Waals surface area contributed by atoms with Gasteiger partial charge in [-0.2, -0.15) is 11.8 Å². The number of benzene rings is 1. The number of carbonyl (C=O) groups excluding carboxylic acids is 1. The van der Waals surface area contributed by atoms with Crippen molar-refractivity contribution in [1.82, 2.24) is 5.32 Å². The van der Waals surface area contributed by atoms with Crippen molar-refractivity contribution >= 4 is 17.7 Å². The average molecular weight is 325 g/mol. The van der Waals surface area contributed by atoms with Gasteiger partial charge in [-0.05, 0) is 17.7 Å². The van der Waals surface area contributed by atoms with E-state index in [4.69, 9.17) is 14.6 Å². The Morgan fingerprint density at radius 1 is 1.36 bits per heavy atom. The second kappa shape index (κ2) is 9.15. The van der Waals surface area contributed by atoms with E-state index in [0.29, 0.717) is 19.8 Å². The minimum absolute atomic E-state index is 0.000545. The zero-order valence-corrected chi connectivity index (χ0v) is 13.4. The smallest absolute Gasteiger partial charge is 0.246 e. The van der Waals surface area contributed by atoms with E-state index in [1.54, 1.807) is 0 Å². The van der Waals surface area contributed by atoms with E-state index in [9.17, 15) is 4.79 Å². The minimum Gasteiger partial charge on any atom is -0.394 e. The van der Waals surface area contributed by atoms with Gasteiger partial charge in [0.25, 0.3) is 0 Å². The van der Waals surface area contributed by atoms with Crippen LogP contribution < -0.4 is 5.32 Å². The van der Waals surface area contributed by atoms with Crippen molar-refractivity contribution < 1.29 is 19.4 Å². The van der Waals surface area contributed by atoms with Gasteiger partial charge in [0.15, 0.2) is 0 Å². The number of aliphatic hydroxyl groups excluding tert-OH is 1. The monoisotopic (exact) mass is 325 g/mol. The lowest BCUT2D eigenvalue weighted by atomic mass is 10.0. The van der Waals surface area contributed by atoms with E-state index in [1.807, 2.05) is 42.1 Å². The quantitative estimate of drug-likeness (QED) is 0.714. The summed E-state index contributed by atoms with van der Waals surface area (Å²) in [4.78, 5) is 11.9. The zero-order chi connectivity index (χ0) is 15.7.